The Kier molecular flexibility index (Phi) is 3.25. The van der Waals surface area contributed by atoms with E-state index in [1.54, 1.807) is 0 Å². The molecule has 5 heteroatoms. The standard InChI is InChI=1S/C13H17N3O2/c1-7-9(14)3-4-11-12(7)8(6-16-11)5-10(15)13(17)18-2/h3-4,6,10,16H,5,14-15H2,1-2H3. The largest absolute Gasteiger partial charge is 0.468 e. The summed E-state index contributed by atoms with van der Waals surface area (Å²) in [4.78, 5) is 14.5. The Hall–Kier alpha value is -2.01. The summed E-state index contributed by atoms with van der Waals surface area (Å²) in [6.45, 7) is 1.96. The number of aromatic nitrogens is 1. The fraction of sp³-hybridized carbons (Fsp3) is 0.308. The molecule has 0 saturated carbocycles. The van der Waals surface area contributed by atoms with E-state index in [-0.39, 0.29) is 0 Å². The van der Waals surface area contributed by atoms with Crippen molar-refractivity contribution in [1.82, 2.24) is 4.98 Å². The minimum atomic E-state index is -0.658. The number of aromatic amines is 1. The quantitative estimate of drug-likeness (QED) is 0.559. The van der Waals surface area contributed by atoms with Gasteiger partial charge in [0, 0.05) is 29.2 Å². The van der Waals surface area contributed by atoms with Crippen LogP contribution in [0.3, 0.4) is 0 Å². The van der Waals surface area contributed by atoms with Gasteiger partial charge in [0.05, 0.1) is 7.11 Å². The van der Waals surface area contributed by atoms with Gasteiger partial charge in [-0.15, -0.1) is 0 Å². The van der Waals surface area contributed by atoms with Gasteiger partial charge in [0.1, 0.15) is 6.04 Å². The Morgan fingerprint density at radius 1 is 1.50 bits per heavy atom. The topological polar surface area (TPSA) is 94.1 Å². The Morgan fingerprint density at radius 3 is 2.89 bits per heavy atom. The monoisotopic (exact) mass is 247 g/mol. The van der Waals surface area contributed by atoms with Crippen LogP contribution in [0.1, 0.15) is 11.1 Å². The molecule has 0 aliphatic rings. The number of hydrogen-bond acceptors (Lipinski definition) is 4. The van der Waals surface area contributed by atoms with Crippen LogP contribution in [0, 0.1) is 6.92 Å². The smallest absolute Gasteiger partial charge is 0.322 e. The van der Waals surface area contributed by atoms with Crippen molar-refractivity contribution in [3.8, 4) is 0 Å². The Bertz CT molecular complexity index is 589. The number of esters is 1. The molecule has 1 unspecified atom stereocenters. The molecule has 2 rings (SSSR count). The van der Waals surface area contributed by atoms with Gasteiger partial charge in [-0.1, -0.05) is 0 Å². The van der Waals surface area contributed by atoms with Gasteiger partial charge in [0.25, 0.3) is 0 Å². The maximum Gasteiger partial charge on any atom is 0.322 e. The summed E-state index contributed by atoms with van der Waals surface area (Å²) >= 11 is 0. The summed E-state index contributed by atoms with van der Waals surface area (Å²) in [5.41, 5.74) is 15.4. The maximum atomic E-state index is 11.3. The summed E-state index contributed by atoms with van der Waals surface area (Å²) in [6, 6.07) is 3.12. The predicted molar refractivity (Wildman–Crippen MR) is 71.1 cm³/mol. The van der Waals surface area contributed by atoms with Gasteiger partial charge in [-0.05, 0) is 30.2 Å². The molecule has 1 aromatic carbocycles. The molecular formula is C13H17N3O2. The van der Waals surface area contributed by atoms with Crippen molar-refractivity contribution in [3.63, 3.8) is 0 Å². The number of methoxy groups -OCH3 is 1. The third kappa shape index (κ3) is 2.04. The van der Waals surface area contributed by atoms with Crippen LogP contribution in [0.25, 0.3) is 10.9 Å². The summed E-state index contributed by atoms with van der Waals surface area (Å²) in [6.07, 6.45) is 2.29. The molecule has 0 aliphatic carbocycles. The van der Waals surface area contributed by atoms with E-state index < -0.39 is 12.0 Å². The highest BCUT2D eigenvalue weighted by molar-refractivity contribution is 5.91. The van der Waals surface area contributed by atoms with Gasteiger partial charge in [-0.2, -0.15) is 0 Å². The highest BCUT2D eigenvalue weighted by Crippen LogP contribution is 2.27. The number of anilines is 1. The molecule has 0 saturated heterocycles. The number of aryl methyl sites for hydroxylation is 1. The molecule has 0 spiro atoms. The van der Waals surface area contributed by atoms with Crippen molar-refractivity contribution in [2.24, 2.45) is 5.73 Å². The molecule has 0 radical (unpaired) electrons. The molecule has 1 aromatic heterocycles. The van der Waals surface area contributed by atoms with Crippen LogP contribution in [0.4, 0.5) is 5.69 Å². The first kappa shape index (κ1) is 12.4. The third-order valence-electron chi connectivity index (χ3n) is 3.17. The molecule has 0 amide bonds. The molecule has 0 bridgehead atoms. The first-order chi connectivity index (χ1) is 8.54. The number of hydrogen-bond donors (Lipinski definition) is 3. The van der Waals surface area contributed by atoms with Crippen LogP contribution in [-0.2, 0) is 16.0 Å². The first-order valence-electron chi connectivity index (χ1n) is 5.73. The number of carbonyl (C=O) groups excluding carboxylic acids is 1. The van der Waals surface area contributed by atoms with E-state index in [1.165, 1.54) is 7.11 Å². The van der Waals surface area contributed by atoms with Gasteiger partial charge in [-0.3, -0.25) is 4.79 Å². The highest BCUT2D eigenvalue weighted by atomic mass is 16.5. The summed E-state index contributed by atoms with van der Waals surface area (Å²) in [5.74, 6) is -0.411. The average Bonchev–Trinajstić information content (AvgIpc) is 2.76. The number of H-pyrrole nitrogens is 1. The first-order valence-corrected chi connectivity index (χ1v) is 5.73. The molecule has 1 atom stereocenters. The molecule has 2 aromatic rings. The highest BCUT2D eigenvalue weighted by Gasteiger charge is 2.17. The van der Waals surface area contributed by atoms with E-state index >= 15 is 0 Å². The van der Waals surface area contributed by atoms with Crippen molar-refractivity contribution in [1.29, 1.82) is 0 Å². The van der Waals surface area contributed by atoms with E-state index in [9.17, 15) is 4.79 Å². The second-order valence-electron chi connectivity index (χ2n) is 4.35. The summed E-state index contributed by atoms with van der Waals surface area (Å²) in [5, 5.41) is 1.04. The van der Waals surface area contributed by atoms with E-state index in [0.717, 1.165) is 27.7 Å². The number of carbonyl (C=O) groups is 1. The van der Waals surface area contributed by atoms with E-state index in [2.05, 4.69) is 9.72 Å². The number of benzene rings is 1. The summed E-state index contributed by atoms with van der Waals surface area (Å²) < 4.78 is 4.63. The van der Waals surface area contributed by atoms with Crippen LogP contribution in [-0.4, -0.2) is 24.1 Å². The molecule has 0 fully saturated rings. The maximum absolute atomic E-state index is 11.3. The van der Waals surface area contributed by atoms with Gasteiger partial charge < -0.3 is 21.2 Å². The normalized spacial score (nSPS) is 12.6. The molecule has 18 heavy (non-hydrogen) atoms. The Labute approximate surface area is 105 Å². The molecule has 96 valence electrons. The number of ether oxygens (including phenoxy) is 1. The molecule has 5 N–H and O–H groups in total. The Morgan fingerprint density at radius 2 is 2.22 bits per heavy atom. The zero-order valence-electron chi connectivity index (χ0n) is 10.5. The van der Waals surface area contributed by atoms with Crippen molar-refractivity contribution in [2.75, 3.05) is 12.8 Å². The lowest BCUT2D eigenvalue weighted by Gasteiger charge is -2.09. The average molecular weight is 247 g/mol. The second-order valence-corrected chi connectivity index (χ2v) is 4.35. The lowest BCUT2D eigenvalue weighted by molar-refractivity contribution is -0.142. The van der Waals surface area contributed by atoms with Crippen LogP contribution in [0.15, 0.2) is 18.3 Å². The second kappa shape index (κ2) is 4.70. The predicted octanol–water partition coefficient (Wildman–Crippen LogP) is 1.10. The number of rotatable bonds is 3. The van der Waals surface area contributed by atoms with Gasteiger partial charge in [-0.25, -0.2) is 0 Å². The van der Waals surface area contributed by atoms with Gasteiger partial charge in [0.15, 0.2) is 0 Å². The number of nitrogens with two attached hydrogens (primary N) is 2. The van der Waals surface area contributed by atoms with Gasteiger partial charge >= 0.3 is 5.97 Å². The number of fused-ring (bicyclic) bond motifs is 1. The van der Waals surface area contributed by atoms with E-state index in [4.69, 9.17) is 11.5 Å². The van der Waals surface area contributed by atoms with E-state index in [0.29, 0.717) is 6.42 Å². The molecule has 5 nitrogen and oxygen atoms in total. The van der Waals surface area contributed by atoms with Crippen molar-refractivity contribution in [2.45, 2.75) is 19.4 Å². The minimum Gasteiger partial charge on any atom is -0.468 e. The van der Waals surface area contributed by atoms with Crippen molar-refractivity contribution < 1.29 is 9.53 Å². The van der Waals surface area contributed by atoms with Crippen LogP contribution in [0.2, 0.25) is 0 Å². The fourth-order valence-electron chi connectivity index (χ4n) is 2.13. The van der Waals surface area contributed by atoms with Gasteiger partial charge in [0.2, 0.25) is 0 Å². The SMILES string of the molecule is COC(=O)C(N)Cc1c[nH]c2ccc(N)c(C)c12. The van der Waals surface area contributed by atoms with E-state index in [1.807, 2.05) is 25.3 Å². The minimum absolute atomic E-state index is 0.411. The zero-order valence-corrected chi connectivity index (χ0v) is 10.5. The van der Waals surface area contributed by atoms with Crippen molar-refractivity contribution >= 4 is 22.6 Å². The zero-order chi connectivity index (χ0) is 13.3. The lowest BCUT2D eigenvalue weighted by Crippen LogP contribution is -2.33. The lowest BCUT2D eigenvalue weighted by atomic mass is 10.0. The Balaban J connectivity index is 2.40. The summed E-state index contributed by atoms with van der Waals surface area (Å²) in [7, 11) is 1.33. The number of nitrogens with one attached hydrogen (secondary N) is 1. The molecule has 1 heterocycles. The van der Waals surface area contributed by atoms with Crippen molar-refractivity contribution in [3.05, 3.63) is 29.5 Å². The molecule has 0 aliphatic heterocycles. The third-order valence-corrected chi connectivity index (χ3v) is 3.17. The fourth-order valence-corrected chi connectivity index (χ4v) is 2.13. The van der Waals surface area contributed by atoms with Crippen LogP contribution in [0.5, 0.6) is 0 Å². The number of nitrogen functional groups attached to an aromatic ring is 1. The molecular weight excluding hydrogens is 230 g/mol. The van der Waals surface area contributed by atoms with Crippen LogP contribution < -0.4 is 11.5 Å². The van der Waals surface area contributed by atoms with Crippen LogP contribution >= 0.6 is 0 Å².